The fraction of sp³-hybridized carbons (Fsp3) is 0.926. The molecule has 2 N–H and O–H groups in total. The largest absolute Gasteiger partial charge is 0.393 e. The summed E-state index contributed by atoms with van der Waals surface area (Å²) < 4.78 is 13.3. The standard InChI is InChI=1S/C27H42O4/c1-15-7-10-27(30-14-15)16(2)24-22(31-27)13-21-19-6-5-17-11-18(28)12-23(29)26(17,4)20(19)8-9-25(21,24)3/h5,15-16,18-24,28-29H,6-14H2,1-4H3/t15-,16+,18-,19+,20-,21+,22+,23-,24+,25+,26+,27-/m1/s1. The molecular formula is C27H42O4. The number of aliphatic hydroxyl groups excluding tert-OH is 2. The van der Waals surface area contributed by atoms with Crippen LogP contribution >= 0.6 is 0 Å². The van der Waals surface area contributed by atoms with Gasteiger partial charge in [0, 0.05) is 24.2 Å². The van der Waals surface area contributed by atoms with Crippen molar-refractivity contribution in [3.05, 3.63) is 11.6 Å². The number of aliphatic hydroxyl groups is 2. The smallest absolute Gasteiger partial charge is 0.171 e. The predicted octanol–water partition coefficient (Wildman–Crippen LogP) is 4.68. The summed E-state index contributed by atoms with van der Waals surface area (Å²) in [5, 5.41) is 21.4. The molecule has 31 heavy (non-hydrogen) atoms. The molecule has 174 valence electrons. The van der Waals surface area contributed by atoms with E-state index in [1.807, 2.05) is 0 Å². The Morgan fingerprint density at radius 3 is 2.58 bits per heavy atom. The highest BCUT2D eigenvalue weighted by molar-refractivity contribution is 5.28. The number of hydrogen-bond acceptors (Lipinski definition) is 4. The fourth-order valence-corrected chi connectivity index (χ4v) is 9.72. The van der Waals surface area contributed by atoms with Crippen LogP contribution in [0.25, 0.3) is 0 Å². The number of hydrogen-bond donors (Lipinski definition) is 2. The van der Waals surface area contributed by atoms with E-state index in [0.717, 1.165) is 32.3 Å². The van der Waals surface area contributed by atoms with Gasteiger partial charge in [0.2, 0.25) is 0 Å². The SMILES string of the molecule is C[C@@H]1CC[C@@]2(OC1)O[C@H]1C[C@H]3[C@H]4CC=C5C[C@@H](O)C[C@@H](O)[C@]5(C)[C@@H]4CC[C@]3(C)[C@H]1[C@@H]2C. The molecule has 2 saturated heterocycles. The Morgan fingerprint density at radius 2 is 1.84 bits per heavy atom. The molecule has 0 amide bonds. The Bertz CT molecular complexity index is 769. The molecule has 1 spiro atoms. The van der Waals surface area contributed by atoms with Crippen LogP contribution in [0.1, 0.15) is 79.1 Å². The fourth-order valence-electron chi connectivity index (χ4n) is 9.72. The maximum Gasteiger partial charge on any atom is 0.171 e. The predicted molar refractivity (Wildman–Crippen MR) is 119 cm³/mol. The van der Waals surface area contributed by atoms with E-state index >= 15 is 0 Å². The van der Waals surface area contributed by atoms with Crippen LogP contribution in [0.3, 0.4) is 0 Å². The van der Waals surface area contributed by atoms with Gasteiger partial charge in [0.25, 0.3) is 0 Å². The van der Waals surface area contributed by atoms with E-state index in [0.29, 0.717) is 53.4 Å². The number of fused-ring (bicyclic) bond motifs is 7. The zero-order valence-electron chi connectivity index (χ0n) is 19.8. The van der Waals surface area contributed by atoms with Crippen LogP contribution < -0.4 is 0 Å². The van der Waals surface area contributed by atoms with Crippen LogP contribution in [-0.4, -0.2) is 40.9 Å². The molecule has 6 aliphatic rings. The molecule has 2 heterocycles. The molecule has 3 saturated carbocycles. The highest BCUT2D eigenvalue weighted by atomic mass is 16.7. The minimum Gasteiger partial charge on any atom is -0.393 e. The molecule has 5 fully saturated rings. The zero-order valence-corrected chi connectivity index (χ0v) is 19.8. The summed E-state index contributed by atoms with van der Waals surface area (Å²) in [5.74, 6) is 3.17. The zero-order chi connectivity index (χ0) is 21.8. The average molecular weight is 431 g/mol. The van der Waals surface area contributed by atoms with Gasteiger partial charge >= 0.3 is 0 Å². The molecule has 0 aromatic heterocycles. The van der Waals surface area contributed by atoms with Crippen molar-refractivity contribution in [2.75, 3.05) is 6.61 Å². The van der Waals surface area contributed by atoms with Crippen LogP contribution in [0.15, 0.2) is 11.6 Å². The molecule has 0 radical (unpaired) electrons. The van der Waals surface area contributed by atoms with E-state index < -0.39 is 6.10 Å². The third kappa shape index (κ3) is 2.68. The van der Waals surface area contributed by atoms with Crippen LogP contribution in [0.2, 0.25) is 0 Å². The van der Waals surface area contributed by atoms with Crippen LogP contribution in [0.5, 0.6) is 0 Å². The first kappa shape index (κ1) is 21.1. The minimum absolute atomic E-state index is 0.155. The lowest BCUT2D eigenvalue weighted by Gasteiger charge is -2.59. The van der Waals surface area contributed by atoms with Gasteiger partial charge in [0.05, 0.1) is 24.9 Å². The molecule has 4 nitrogen and oxygen atoms in total. The van der Waals surface area contributed by atoms with Gasteiger partial charge in [-0.2, -0.15) is 0 Å². The van der Waals surface area contributed by atoms with E-state index in [-0.39, 0.29) is 17.3 Å². The van der Waals surface area contributed by atoms with Crippen molar-refractivity contribution in [2.45, 2.75) is 103 Å². The lowest BCUT2D eigenvalue weighted by Crippen LogP contribution is -2.56. The van der Waals surface area contributed by atoms with Crippen molar-refractivity contribution in [1.82, 2.24) is 0 Å². The summed E-state index contributed by atoms with van der Waals surface area (Å²) in [4.78, 5) is 0. The first-order valence-electron chi connectivity index (χ1n) is 13.1. The van der Waals surface area contributed by atoms with Gasteiger partial charge in [-0.25, -0.2) is 0 Å². The molecule has 4 heteroatoms. The third-order valence-corrected chi connectivity index (χ3v) is 11.4. The highest BCUT2D eigenvalue weighted by Crippen LogP contribution is 2.70. The third-order valence-electron chi connectivity index (χ3n) is 11.4. The van der Waals surface area contributed by atoms with E-state index in [2.05, 4.69) is 33.8 Å². The molecule has 4 aliphatic carbocycles. The van der Waals surface area contributed by atoms with Crippen molar-refractivity contribution >= 4 is 0 Å². The average Bonchev–Trinajstić information content (AvgIpc) is 3.16. The summed E-state index contributed by atoms with van der Waals surface area (Å²) in [6, 6.07) is 0. The summed E-state index contributed by atoms with van der Waals surface area (Å²) in [7, 11) is 0. The van der Waals surface area contributed by atoms with Crippen molar-refractivity contribution in [3.8, 4) is 0 Å². The topological polar surface area (TPSA) is 58.9 Å². The van der Waals surface area contributed by atoms with Gasteiger partial charge in [-0.3, -0.25) is 0 Å². The molecule has 2 aliphatic heterocycles. The molecular weight excluding hydrogens is 388 g/mol. The lowest BCUT2D eigenvalue weighted by atomic mass is 9.46. The van der Waals surface area contributed by atoms with E-state index in [1.54, 1.807) is 0 Å². The summed E-state index contributed by atoms with van der Waals surface area (Å²) in [6.07, 6.45) is 10.2. The van der Waals surface area contributed by atoms with Crippen molar-refractivity contribution in [3.63, 3.8) is 0 Å². The lowest BCUT2D eigenvalue weighted by molar-refractivity contribution is -0.272. The number of ether oxygens (including phenoxy) is 2. The first-order chi connectivity index (χ1) is 14.7. The van der Waals surface area contributed by atoms with Crippen molar-refractivity contribution < 1.29 is 19.7 Å². The van der Waals surface area contributed by atoms with E-state index in [1.165, 1.54) is 24.8 Å². The monoisotopic (exact) mass is 430 g/mol. The van der Waals surface area contributed by atoms with E-state index in [4.69, 9.17) is 9.47 Å². The molecule has 0 aromatic rings. The number of rotatable bonds is 0. The van der Waals surface area contributed by atoms with Gasteiger partial charge in [0.1, 0.15) is 0 Å². The summed E-state index contributed by atoms with van der Waals surface area (Å²) in [5.41, 5.74) is 1.48. The molecule has 12 atom stereocenters. The molecule has 0 unspecified atom stereocenters. The van der Waals surface area contributed by atoms with Gasteiger partial charge in [-0.15, -0.1) is 0 Å². The second-order valence-electron chi connectivity index (χ2n) is 12.8. The summed E-state index contributed by atoms with van der Waals surface area (Å²) >= 11 is 0. The van der Waals surface area contributed by atoms with Gasteiger partial charge in [0.15, 0.2) is 5.79 Å². The number of allylic oxidation sites excluding steroid dienone is 1. The van der Waals surface area contributed by atoms with Crippen LogP contribution in [0.4, 0.5) is 0 Å². The molecule has 0 aromatic carbocycles. The Balaban J connectivity index is 1.29. The van der Waals surface area contributed by atoms with E-state index in [9.17, 15) is 10.2 Å². The minimum atomic E-state index is -0.420. The van der Waals surface area contributed by atoms with Gasteiger partial charge < -0.3 is 19.7 Å². The van der Waals surface area contributed by atoms with Gasteiger partial charge in [-0.1, -0.05) is 39.3 Å². The normalized spacial score (nSPS) is 60.7. The molecule has 6 rings (SSSR count). The first-order valence-corrected chi connectivity index (χ1v) is 13.1. The maximum atomic E-state index is 11.1. The second-order valence-corrected chi connectivity index (χ2v) is 12.8. The van der Waals surface area contributed by atoms with Crippen LogP contribution in [0, 0.1) is 46.3 Å². The van der Waals surface area contributed by atoms with Crippen LogP contribution in [-0.2, 0) is 9.47 Å². The van der Waals surface area contributed by atoms with Crippen molar-refractivity contribution in [2.24, 2.45) is 46.3 Å². The summed E-state index contributed by atoms with van der Waals surface area (Å²) in [6.45, 7) is 10.4. The highest BCUT2D eigenvalue weighted by Gasteiger charge is 2.69. The Morgan fingerprint density at radius 1 is 1.03 bits per heavy atom. The van der Waals surface area contributed by atoms with Gasteiger partial charge in [-0.05, 0) is 73.5 Å². The Kier molecular flexibility index (Phi) is 4.64. The quantitative estimate of drug-likeness (QED) is 0.548. The Hall–Kier alpha value is -0.420. The second kappa shape index (κ2) is 6.81. The molecule has 0 bridgehead atoms. The Labute approximate surface area is 187 Å². The maximum absolute atomic E-state index is 11.1. The van der Waals surface area contributed by atoms with Crippen molar-refractivity contribution in [1.29, 1.82) is 0 Å².